The number of benzene rings is 2. The van der Waals surface area contributed by atoms with Crippen LogP contribution in [0.5, 0.6) is 0 Å². The predicted octanol–water partition coefficient (Wildman–Crippen LogP) is 2.31. The molecule has 128 valence electrons. The molecule has 1 fully saturated rings. The van der Waals surface area contributed by atoms with E-state index < -0.39 is 0 Å². The lowest BCUT2D eigenvalue weighted by Crippen LogP contribution is -2.54. The number of nitrogens with one attached hydrogen (secondary N) is 2. The minimum absolute atomic E-state index is 0.00217. The van der Waals surface area contributed by atoms with E-state index in [2.05, 4.69) is 10.6 Å². The summed E-state index contributed by atoms with van der Waals surface area (Å²) < 4.78 is 0. The highest BCUT2D eigenvalue weighted by Gasteiger charge is 2.28. The smallest absolute Gasteiger partial charge is 0.252 e. The highest BCUT2D eigenvalue weighted by Crippen LogP contribution is 2.16. The summed E-state index contributed by atoms with van der Waals surface area (Å²) in [6.45, 7) is 1.86. The number of amides is 2. The van der Waals surface area contributed by atoms with Crippen LogP contribution in [0, 0.1) is 0 Å². The molecule has 5 nitrogen and oxygen atoms in total. The average molecular weight is 336 g/mol. The van der Waals surface area contributed by atoms with Gasteiger partial charge >= 0.3 is 0 Å². The molecule has 5 heteroatoms. The minimum Gasteiger partial charge on any atom is -0.352 e. The molecule has 2 unspecified atom stereocenters. The Balaban J connectivity index is 1.82. The van der Waals surface area contributed by atoms with Crippen LogP contribution in [0.25, 0.3) is 0 Å². The molecule has 1 aliphatic rings. The van der Waals surface area contributed by atoms with Gasteiger partial charge in [-0.2, -0.15) is 0 Å². The SMILES string of the molecule is CC1NC(=O)CCC1NC(=O)c1ccccc1C(=O)c1ccccc1. The summed E-state index contributed by atoms with van der Waals surface area (Å²) >= 11 is 0. The van der Waals surface area contributed by atoms with Crippen LogP contribution < -0.4 is 10.6 Å². The van der Waals surface area contributed by atoms with Gasteiger partial charge in [-0.15, -0.1) is 0 Å². The molecule has 25 heavy (non-hydrogen) atoms. The lowest BCUT2D eigenvalue weighted by Gasteiger charge is -2.30. The Hall–Kier alpha value is -2.95. The lowest BCUT2D eigenvalue weighted by atomic mass is 9.96. The Morgan fingerprint density at radius 3 is 2.32 bits per heavy atom. The highest BCUT2D eigenvalue weighted by molar-refractivity contribution is 6.15. The molecular weight excluding hydrogens is 316 g/mol. The highest BCUT2D eigenvalue weighted by atomic mass is 16.2. The number of hydrogen-bond acceptors (Lipinski definition) is 3. The average Bonchev–Trinajstić information content (AvgIpc) is 2.64. The van der Waals surface area contributed by atoms with E-state index in [0.29, 0.717) is 29.5 Å². The summed E-state index contributed by atoms with van der Waals surface area (Å²) in [5.41, 5.74) is 1.26. The maximum atomic E-state index is 12.7. The van der Waals surface area contributed by atoms with Crippen LogP contribution in [-0.2, 0) is 4.79 Å². The van der Waals surface area contributed by atoms with E-state index in [4.69, 9.17) is 0 Å². The fourth-order valence-electron chi connectivity index (χ4n) is 3.03. The van der Waals surface area contributed by atoms with Crippen molar-refractivity contribution in [3.8, 4) is 0 Å². The number of carbonyl (C=O) groups excluding carboxylic acids is 3. The third-order valence-corrected chi connectivity index (χ3v) is 4.44. The van der Waals surface area contributed by atoms with Gasteiger partial charge in [0.05, 0.1) is 5.56 Å². The summed E-state index contributed by atoms with van der Waals surface area (Å²) in [5, 5.41) is 5.78. The maximum absolute atomic E-state index is 12.7. The molecule has 0 aromatic heterocycles. The zero-order valence-corrected chi connectivity index (χ0v) is 14.0. The fourth-order valence-corrected chi connectivity index (χ4v) is 3.03. The monoisotopic (exact) mass is 336 g/mol. The molecule has 2 aromatic rings. The molecule has 2 amide bonds. The van der Waals surface area contributed by atoms with E-state index in [1.54, 1.807) is 48.5 Å². The van der Waals surface area contributed by atoms with Crippen molar-refractivity contribution in [2.75, 3.05) is 0 Å². The third-order valence-electron chi connectivity index (χ3n) is 4.44. The largest absolute Gasteiger partial charge is 0.352 e. The van der Waals surface area contributed by atoms with Gasteiger partial charge in [-0.05, 0) is 19.4 Å². The third kappa shape index (κ3) is 3.76. The molecule has 0 radical (unpaired) electrons. The van der Waals surface area contributed by atoms with Gasteiger partial charge in [-0.3, -0.25) is 14.4 Å². The predicted molar refractivity (Wildman–Crippen MR) is 94.4 cm³/mol. The van der Waals surface area contributed by atoms with Crippen molar-refractivity contribution in [3.05, 3.63) is 71.3 Å². The van der Waals surface area contributed by atoms with E-state index in [9.17, 15) is 14.4 Å². The van der Waals surface area contributed by atoms with Gasteiger partial charge in [0, 0.05) is 29.6 Å². The van der Waals surface area contributed by atoms with E-state index in [0.717, 1.165) is 0 Å². The van der Waals surface area contributed by atoms with Gasteiger partial charge in [-0.25, -0.2) is 0 Å². The van der Waals surface area contributed by atoms with Crippen molar-refractivity contribution in [1.82, 2.24) is 10.6 Å². The zero-order valence-electron chi connectivity index (χ0n) is 14.0. The van der Waals surface area contributed by atoms with Crippen LogP contribution in [0.15, 0.2) is 54.6 Å². The Morgan fingerprint density at radius 1 is 1.00 bits per heavy atom. The van der Waals surface area contributed by atoms with E-state index in [-0.39, 0.29) is 29.7 Å². The van der Waals surface area contributed by atoms with Crippen LogP contribution in [0.3, 0.4) is 0 Å². The first-order valence-electron chi connectivity index (χ1n) is 8.35. The summed E-state index contributed by atoms with van der Waals surface area (Å²) in [5.74, 6) is -0.484. The second kappa shape index (κ2) is 7.30. The van der Waals surface area contributed by atoms with Crippen molar-refractivity contribution < 1.29 is 14.4 Å². The molecule has 2 aromatic carbocycles. The summed E-state index contributed by atoms with van der Waals surface area (Å²) in [4.78, 5) is 36.9. The standard InChI is InChI=1S/C20H20N2O3/c1-13-17(11-12-18(23)21-13)22-20(25)16-10-6-5-9-15(16)19(24)14-7-3-2-4-8-14/h2-10,13,17H,11-12H2,1H3,(H,21,23)(H,22,25). The van der Waals surface area contributed by atoms with E-state index in [1.165, 1.54) is 0 Å². The first-order chi connectivity index (χ1) is 12.1. The van der Waals surface area contributed by atoms with Crippen LogP contribution >= 0.6 is 0 Å². The van der Waals surface area contributed by atoms with Crippen LogP contribution in [0.1, 0.15) is 46.0 Å². The summed E-state index contributed by atoms with van der Waals surface area (Å²) in [6.07, 6.45) is 0.980. The lowest BCUT2D eigenvalue weighted by molar-refractivity contribution is -0.123. The van der Waals surface area contributed by atoms with Gasteiger partial charge in [-0.1, -0.05) is 48.5 Å². The Kier molecular flexibility index (Phi) is 4.93. The van der Waals surface area contributed by atoms with Crippen molar-refractivity contribution in [3.63, 3.8) is 0 Å². The summed E-state index contributed by atoms with van der Waals surface area (Å²) in [6, 6.07) is 15.4. The van der Waals surface area contributed by atoms with Crippen LogP contribution in [0.2, 0.25) is 0 Å². The second-order valence-electron chi connectivity index (χ2n) is 6.22. The quantitative estimate of drug-likeness (QED) is 0.842. The molecule has 1 heterocycles. The van der Waals surface area contributed by atoms with Crippen molar-refractivity contribution in [2.45, 2.75) is 31.8 Å². The number of piperidine rings is 1. The number of carbonyl (C=O) groups is 3. The number of rotatable bonds is 4. The zero-order chi connectivity index (χ0) is 17.8. The van der Waals surface area contributed by atoms with Crippen LogP contribution in [-0.4, -0.2) is 29.7 Å². The topological polar surface area (TPSA) is 75.3 Å². The molecule has 1 aliphatic heterocycles. The van der Waals surface area contributed by atoms with Gasteiger partial charge in [0.25, 0.3) is 5.91 Å². The van der Waals surface area contributed by atoms with E-state index >= 15 is 0 Å². The normalized spacial score (nSPS) is 19.8. The molecule has 3 rings (SSSR count). The number of hydrogen-bond donors (Lipinski definition) is 2. The fraction of sp³-hybridized carbons (Fsp3) is 0.250. The molecule has 2 N–H and O–H groups in total. The van der Waals surface area contributed by atoms with Crippen molar-refractivity contribution >= 4 is 17.6 Å². The molecule has 0 spiro atoms. The molecule has 1 saturated heterocycles. The molecular formula is C20H20N2O3. The van der Waals surface area contributed by atoms with Crippen LogP contribution in [0.4, 0.5) is 0 Å². The minimum atomic E-state index is -0.298. The van der Waals surface area contributed by atoms with Gasteiger partial charge in [0.2, 0.25) is 5.91 Å². The Morgan fingerprint density at radius 2 is 1.64 bits per heavy atom. The first-order valence-corrected chi connectivity index (χ1v) is 8.35. The number of ketones is 1. The molecule has 0 bridgehead atoms. The molecule has 0 aliphatic carbocycles. The maximum Gasteiger partial charge on any atom is 0.252 e. The molecule has 0 saturated carbocycles. The van der Waals surface area contributed by atoms with Crippen molar-refractivity contribution in [2.24, 2.45) is 0 Å². The summed E-state index contributed by atoms with van der Waals surface area (Å²) in [7, 11) is 0. The van der Waals surface area contributed by atoms with Gasteiger partial charge < -0.3 is 10.6 Å². The van der Waals surface area contributed by atoms with Gasteiger partial charge in [0.15, 0.2) is 5.78 Å². The Bertz CT molecular complexity index is 802. The van der Waals surface area contributed by atoms with Gasteiger partial charge in [0.1, 0.15) is 0 Å². The van der Waals surface area contributed by atoms with Crippen molar-refractivity contribution in [1.29, 1.82) is 0 Å². The second-order valence-corrected chi connectivity index (χ2v) is 6.22. The first kappa shape index (κ1) is 16.9. The van der Waals surface area contributed by atoms with E-state index in [1.807, 2.05) is 13.0 Å². The molecule has 2 atom stereocenters. The Labute approximate surface area is 146 Å².